The van der Waals surface area contributed by atoms with Crippen molar-refractivity contribution in [1.82, 2.24) is 0 Å². The fourth-order valence-electron chi connectivity index (χ4n) is 3.65. The van der Waals surface area contributed by atoms with Crippen molar-refractivity contribution >= 4 is 5.69 Å². The molecule has 1 N–H and O–H groups in total. The number of aryl methyl sites for hydroxylation is 2. The van der Waals surface area contributed by atoms with E-state index in [4.69, 9.17) is 0 Å². The average molecular weight is 245 g/mol. The lowest BCUT2D eigenvalue weighted by Gasteiger charge is -2.39. The van der Waals surface area contributed by atoms with E-state index < -0.39 is 0 Å². The quantitative estimate of drug-likeness (QED) is 0.779. The summed E-state index contributed by atoms with van der Waals surface area (Å²) in [5, 5.41) is 3.76. The van der Waals surface area contributed by atoms with E-state index in [1.165, 1.54) is 36.1 Å². The molecule has 1 aliphatic carbocycles. The van der Waals surface area contributed by atoms with Crippen molar-refractivity contribution in [2.45, 2.75) is 59.9 Å². The molecule has 18 heavy (non-hydrogen) atoms. The van der Waals surface area contributed by atoms with E-state index in [2.05, 4.69) is 58.1 Å². The summed E-state index contributed by atoms with van der Waals surface area (Å²) in [7, 11) is 0. The predicted octanol–water partition coefficient (Wildman–Crippen LogP) is 4.93. The first-order valence-electron chi connectivity index (χ1n) is 7.19. The molecule has 0 spiro atoms. The van der Waals surface area contributed by atoms with Gasteiger partial charge in [0.05, 0.1) is 0 Å². The summed E-state index contributed by atoms with van der Waals surface area (Å²) in [4.78, 5) is 0. The van der Waals surface area contributed by atoms with Gasteiger partial charge >= 0.3 is 0 Å². The Labute approximate surface area is 112 Å². The van der Waals surface area contributed by atoms with Gasteiger partial charge in [0.2, 0.25) is 0 Å². The number of anilines is 1. The fourth-order valence-corrected chi connectivity index (χ4v) is 3.65. The molecule has 1 aliphatic rings. The van der Waals surface area contributed by atoms with Gasteiger partial charge in [-0.3, -0.25) is 0 Å². The Morgan fingerprint density at radius 1 is 1.17 bits per heavy atom. The molecule has 2 atom stereocenters. The molecule has 1 aromatic rings. The minimum absolute atomic E-state index is 0.480. The molecule has 1 saturated carbocycles. The number of nitrogens with one attached hydrogen (secondary N) is 1. The van der Waals surface area contributed by atoms with Crippen molar-refractivity contribution in [3.63, 3.8) is 0 Å². The van der Waals surface area contributed by atoms with Gasteiger partial charge in [0.25, 0.3) is 0 Å². The van der Waals surface area contributed by atoms with Crippen LogP contribution in [0.2, 0.25) is 0 Å². The van der Waals surface area contributed by atoms with Crippen LogP contribution in [0.4, 0.5) is 5.69 Å². The number of rotatable bonds is 2. The molecule has 0 bridgehead atoms. The molecule has 1 nitrogen and oxygen atoms in total. The molecule has 1 fully saturated rings. The van der Waals surface area contributed by atoms with E-state index in [-0.39, 0.29) is 0 Å². The van der Waals surface area contributed by atoms with Crippen LogP contribution in [0.3, 0.4) is 0 Å². The fraction of sp³-hybridized carbons (Fsp3) is 0.647. The average Bonchev–Trinajstić information content (AvgIpc) is 2.19. The number of hydrogen-bond acceptors (Lipinski definition) is 1. The molecular weight excluding hydrogens is 218 g/mol. The summed E-state index contributed by atoms with van der Waals surface area (Å²) >= 11 is 0. The molecule has 0 amide bonds. The van der Waals surface area contributed by atoms with E-state index in [1.54, 1.807) is 0 Å². The van der Waals surface area contributed by atoms with E-state index in [0.717, 1.165) is 5.92 Å². The Kier molecular flexibility index (Phi) is 3.70. The van der Waals surface area contributed by atoms with Gasteiger partial charge in [0.1, 0.15) is 0 Å². The standard InChI is InChI=1S/C17H27N/c1-12-6-7-16(14(3)8-12)18-15-9-13(2)10-17(4,5)11-15/h6-8,13,15,18H,9-11H2,1-5H3. The Bertz CT molecular complexity index is 420. The molecule has 0 radical (unpaired) electrons. The van der Waals surface area contributed by atoms with Crippen LogP contribution in [0.25, 0.3) is 0 Å². The monoisotopic (exact) mass is 245 g/mol. The highest BCUT2D eigenvalue weighted by Crippen LogP contribution is 2.39. The van der Waals surface area contributed by atoms with Crippen molar-refractivity contribution in [1.29, 1.82) is 0 Å². The second-order valence-electron chi connectivity index (χ2n) is 7.07. The largest absolute Gasteiger partial charge is 0.382 e. The van der Waals surface area contributed by atoms with Crippen LogP contribution in [0, 0.1) is 25.2 Å². The molecule has 1 aromatic carbocycles. The first-order chi connectivity index (χ1) is 8.35. The summed E-state index contributed by atoms with van der Waals surface area (Å²) in [6.07, 6.45) is 3.94. The second kappa shape index (κ2) is 4.95. The molecule has 0 aliphatic heterocycles. The molecule has 2 rings (SSSR count). The van der Waals surface area contributed by atoms with Crippen LogP contribution >= 0.6 is 0 Å². The van der Waals surface area contributed by atoms with Crippen LogP contribution in [0.15, 0.2) is 18.2 Å². The topological polar surface area (TPSA) is 12.0 Å². The minimum Gasteiger partial charge on any atom is -0.382 e. The molecule has 0 aromatic heterocycles. The minimum atomic E-state index is 0.480. The van der Waals surface area contributed by atoms with Crippen molar-refractivity contribution in [3.05, 3.63) is 29.3 Å². The summed E-state index contributed by atoms with van der Waals surface area (Å²) in [6.45, 7) is 11.5. The highest BCUT2D eigenvalue weighted by Gasteiger charge is 2.31. The van der Waals surface area contributed by atoms with E-state index in [1.807, 2.05) is 0 Å². The van der Waals surface area contributed by atoms with Crippen LogP contribution in [-0.2, 0) is 0 Å². The Morgan fingerprint density at radius 2 is 1.89 bits per heavy atom. The van der Waals surface area contributed by atoms with Gasteiger partial charge in [0.15, 0.2) is 0 Å². The van der Waals surface area contributed by atoms with Gasteiger partial charge in [-0.25, -0.2) is 0 Å². The third-order valence-corrected chi connectivity index (χ3v) is 4.13. The van der Waals surface area contributed by atoms with Crippen molar-refractivity contribution < 1.29 is 0 Å². The highest BCUT2D eigenvalue weighted by molar-refractivity contribution is 5.52. The highest BCUT2D eigenvalue weighted by atomic mass is 14.9. The zero-order valence-corrected chi connectivity index (χ0v) is 12.5. The smallest absolute Gasteiger partial charge is 0.0372 e. The predicted molar refractivity (Wildman–Crippen MR) is 80.1 cm³/mol. The van der Waals surface area contributed by atoms with Crippen LogP contribution in [0.1, 0.15) is 51.2 Å². The molecular formula is C17H27N. The van der Waals surface area contributed by atoms with Crippen LogP contribution in [-0.4, -0.2) is 6.04 Å². The van der Waals surface area contributed by atoms with E-state index >= 15 is 0 Å². The molecule has 0 heterocycles. The zero-order chi connectivity index (χ0) is 13.3. The van der Waals surface area contributed by atoms with Gasteiger partial charge < -0.3 is 5.32 Å². The Morgan fingerprint density at radius 3 is 2.50 bits per heavy atom. The summed E-state index contributed by atoms with van der Waals surface area (Å²) in [5.41, 5.74) is 4.51. The molecule has 2 unspecified atom stereocenters. The van der Waals surface area contributed by atoms with Gasteiger partial charge in [-0.05, 0) is 56.1 Å². The lowest BCUT2D eigenvalue weighted by atomic mass is 9.70. The van der Waals surface area contributed by atoms with Crippen molar-refractivity contribution in [2.75, 3.05) is 5.32 Å². The van der Waals surface area contributed by atoms with Gasteiger partial charge in [-0.2, -0.15) is 0 Å². The maximum Gasteiger partial charge on any atom is 0.0372 e. The maximum absolute atomic E-state index is 3.76. The van der Waals surface area contributed by atoms with Gasteiger partial charge in [-0.1, -0.05) is 38.5 Å². The van der Waals surface area contributed by atoms with Gasteiger partial charge in [0, 0.05) is 11.7 Å². The van der Waals surface area contributed by atoms with Crippen molar-refractivity contribution in [2.24, 2.45) is 11.3 Å². The van der Waals surface area contributed by atoms with Gasteiger partial charge in [-0.15, -0.1) is 0 Å². The number of hydrogen-bond donors (Lipinski definition) is 1. The van der Waals surface area contributed by atoms with E-state index in [9.17, 15) is 0 Å². The first-order valence-corrected chi connectivity index (χ1v) is 7.19. The lowest BCUT2D eigenvalue weighted by Crippen LogP contribution is -2.35. The van der Waals surface area contributed by atoms with E-state index in [0.29, 0.717) is 11.5 Å². The summed E-state index contributed by atoms with van der Waals surface area (Å²) < 4.78 is 0. The molecule has 0 saturated heterocycles. The Hall–Kier alpha value is -0.980. The molecule has 1 heteroatoms. The van der Waals surface area contributed by atoms with Crippen LogP contribution in [0.5, 0.6) is 0 Å². The molecule has 100 valence electrons. The Balaban J connectivity index is 2.09. The summed E-state index contributed by atoms with van der Waals surface area (Å²) in [6, 6.07) is 7.33. The third-order valence-electron chi connectivity index (χ3n) is 4.13. The van der Waals surface area contributed by atoms with Crippen LogP contribution < -0.4 is 5.32 Å². The SMILES string of the molecule is Cc1ccc(NC2CC(C)CC(C)(C)C2)c(C)c1. The first kappa shape index (κ1) is 13.5. The third kappa shape index (κ3) is 3.28. The summed E-state index contributed by atoms with van der Waals surface area (Å²) in [5.74, 6) is 0.831. The maximum atomic E-state index is 3.76. The zero-order valence-electron chi connectivity index (χ0n) is 12.5. The van der Waals surface area contributed by atoms with Crippen molar-refractivity contribution in [3.8, 4) is 0 Å². The number of benzene rings is 1. The normalized spacial score (nSPS) is 26.9. The second-order valence-corrected chi connectivity index (χ2v) is 7.07. The lowest BCUT2D eigenvalue weighted by molar-refractivity contribution is 0.178.